The molecule has 7 nitrogen and oxygen atoms in total. The Balaban J connectivity index is 1.93. The average Bonchev–Trinajstić information content (AvgIpc) is 2.57. The van der Waals surface area contributed by atoms with E-state index >= 15 is 0 Å². The van der Waals surface area contributed by atoms with Crippen molar-refractivity contribution in [1.82, 2.24) is 9.80 Å². The summed E-state index contributed by atoms with van der Waals surface area (Å²) in [6.07, 6.45) is 2.37. The van der Waals surface area contributed by atoms with Gasteiger partial charge in [-0.05, 0) is 58.2 Å². The van der Waals surface area contributed by atoms with Crippen LogP contribution in [-0.2, 0) is 14.4 Å². The monoisotopic (exact) mass is 374 g/mol. The predicted molar refractivity (Wildman–Crippen MR) is 105 cm³/mol. The maximum atomic E-state index is 12.6. The van der Waals surface area contributed by atoms with Crippen molar-refractivity contribution >= 4 is 23.4 Å². The van der Waals surface area contributed by atoms with Crippen LogP contribution in [-0.4, -0.2) is 60.2 Å². The highest BCUT2D eigenvalue weighted by atomic mass is 16.2. The Morgan fingerprint density at radius 1 is 1.15 bits per heavy atom. The number of anilines is 1. The summed E-state index contributed by atoms with van der Waals surface area (Å²) >= 11 is 0. The SMILES string of the molecule is Cc1cc(C)c(NC(=O)CN(C)CC(=O)N2CCCC[C@@H]2C(N)=O)c(C)c1. The van der Waals surface area contributed by atoms with Gasteiger partial charge in [-0.2, -0.15) is 0 Å². The van der Waals surface area contributed by atoms with Gasteiger partial charge in [0.25, 0.3) is 0 Å². The minimum absolute atomic E-state index is 0.0725. The zero-order chi connectivity index (χ0) is 20.1. The van der Waals surface area contributed by atoms with Gasteiger partial charge in [0, 0.05) is 12.2 Å². The average molecular weight is 374 g/mol. The third kappa shape index (κ3) is 5.53. The van der Waals surface area contributed by atoms with Crippen LogP contribution in [0.5, 0.6) is 0 Å². The summed E-state index contributed by atoms with van der Waals surface area (Å²) in [6.45, 7) is 6.64. The number of hydrogen-bond acceptors (Lipinski definition) is 4. The van der Waals surface area contributed by atoms with Crippen LogP contribution in [0.4, 0.5) is 5.69 Å². The zero-order valence-electron chi connectivity index (χ0n) is 16.7. The maximum Gasteiger partial charge on any atom is 0.240 e. The highest BCUT2D eigenvalue weighted by Gasteiger charge is 2.31. The molecule has 0 bridgehead atoms. The number of rotatable bonds is 6. The molecule has 3 N–H and O–H groups in total. The van der Waals surface area contributed by atoms with Gasteiger partial charge in [0.1, 0.15) is 6.04 Å². The molecule has 1 aromatic rings. The van der Waals surface area contributed by atoms with Crippen molar-refractivity contribution < 1.29 is 14.4 Å². The summed E-state index contributed by atoms with van der Waals surface area (Å²) in [5.41, 5.74) is 9.41. The lowest BCUT2D eigenvalue weighted by molar-refractivity contribution is -0.141. The van der Waals surface area contributed by atoms with Crippen LogP contribution in [0.1, 0.15) is 36.0 Å². The van der Waals surface area contributed by atoms with Crippen LogP contribution in [0.25, 0.3) is 0 Å². The number of benzene rings is 1. The number of carbonyl (C=O) groups excluding carboxylic acids is 3. The molecule has 0 saturated carbocycles. The third-order valence-electron chi connectivity index (χ3n) is 4.91. The smallest absolute Gasteiger partial charge is 0.240 e. The van der Waals surface area contributed by atoms with E-state index < -0.39 is 11.9 Å². The van der Waals surface area contributed by atoms with Gasteiger partial charge in [-0.1, -0.05) is 17.7 Å². The second kappa shape index (κ2) is 8.99. The van der Waals surface area contributed by atoms with E-state index in [1.54, 1.807) is 16.8 Å². The van der Waals surface area contributed by atoms with Gasteiger partial charge in [-0.3, -0.25) is 19.3 Å². The fraction of sp³-hybridized carbons (Fsp3) is 0.550. The number of amides is 3. The van der Waals surface area contributed by atoms with Gasteiger partial charge in [0.15, 0.2) is 0 Å². The van der Waals surface area contributed by atoms with Gasteiger partial charge in [0.2, 0.25) is 17.7 Å². The van der Waals surface area contributed by atoms with Crippen LogP contribution < -0.4 is 11.1 Å². The predicted octanol–water partition coefficient (Wildman–Crippen LogP) is 1.35. The molecule has 0 spiro atoms. The molecule has 1 aliphatic rings. The summed E-state index contributed by atoms with van der Waals surface area (Å²) in [5.74, 6) is -0.810. The van der Waals surface area contributed by atoms with Crippen LogP contribution in [0, 0.1) is 20.8 Å². The number of aryl methyl sites for hydroxylation is 3. The Kier molecular flexibility index (Phi) is 6.96. The number of hydrogen-bond donors (Lipinski definition) is 2. The molecular weight excluding hydrogens is 344 g/mol. The van der Waals surface area contributed by atoms with Crippen LogP contribution in [0.3, 0.4) is 0 Å². The lowest BCUT2D eigenvalue weighted by Gasteiger charge is -2.34. The number of primary amides is 1. The normalized spacial score (nSPS) is 17.1. The van der Waals surface area contributed by atoms with Crippen molar-refractivity contribution in [2.45, 2.75) is 46.1 Å². The molecule has 1 saturated heterocycles. The second-order valence-electron chi connectivity index (χ2n) is 7.50. The molecule has 0 aliphatic carbocycles. The van der Waals surface area contributed by atoms with Gasteiger partial charge in [-0.25, -0.2) is 0 Å². The zero-order valence-corrected chi connectivity index (χ0v) is 16.7. The van der Waals surface area contributed by atoms with Crippen molar-refractivity contribution in [2.75, 3.05) is 32.0 Å². The van der Waals surface area contributed by atoms with Crippen molar-refractivity contribution in [1.29, 1.82) is 0 Å². The summed E-state index contributed by atoms with van der Waals surface area (Å²) < 4.78 is 0. The van der Waals surface area contributed by atoms with E-state index in [9.17, 15) is 14.4 Å². The maximum absolute atomic E-state index is 12.6. The van der Waals surface area contributed by atoms with Gasteiger partial charge in [0.05, 0.1) is 13.1 Å². The number of nitrogens with two attached hydrogens (primary N) is 1. The first-order valence-corrected chi connectivity index (χ1v) is 9.34. The van der Waals surface area contributed by atoms with Gasteiger partial charge < -0.3 is 16.0 Å². The Morgan fingerprint density at radius 2 is 1.78 bits per heavy atom. The molecule has 0 unspecified atom stereocenters. The molecule has 0 radical (unpaired) electrons. The Morgan fingerprint density at radius 3 is 2.37 bits per heavy atom. The van der Waals surface area contributed by atoms with Crippen molar-refractivity contribution in [2.24, 2.45) is 5.73 Å². The Hall–Kier alpha value is -2.41. The highest BCUT2D eigenvalue weighted by molar-refractivity contribution is 5.94. The third-order valence-corrected chi connectivity index (χ3v) is 4.91. The van der Waals surface area contributed by atoms with E-state index in [0.717, 1.165) is 35.2 Å². The summed E-state index contributed by atoms with van der Waals surface area (Å²) in [7, 11) is 1.72. The van der Waals surface area contributed by atoms with E-state index in [1.807, 2.05) is 32.9 Å². The highest BCUT2D eigenvalue weighted by Crippen LogP contribution is 2.22. The molecule has 1 heterocycles. The van der Waals surface area contributed by atoms with Crippen LogP contribution >= 0.6 is 0 Å². The fourth-order valence-electron chi connectivity index (χ4n) is 3.70. The summed E-state index contributed by atoms with van der Waals surface area (Å²) in [6, 6.07) is 3.51. The van der Waals surface area contributed by atoms with Crippen LogP contribution in [0.15, 0.2) is 12.1 Å². The lowest BCUT2D eigenvalue weighted by atomic mass is 10.0. The minimum Gasteiger partial charge on any atom is -0.368 e. The van der Waals surface area contributed by atoms with Gasteiger partial charge in [-0.15, -0.1) is 0 Å². The number of nitrogens with zero attached hydrogens (tertiary/aromatic N) is 2. The van der Waals surface area contributed by atoms with Crippen LogP contribution in [0.2, 0.25) is 0 Å². The van der Waals surface area contributed by atoms with E-state index in [2.05, 4.69) is 5.32 Å². The standard InChI is InChI=1S/C20H30N4O3/c1-13-9-14(2)19(15(3)10-13)22-17(25)11-23(4)12-18(26)24-8-6-5-7-16(24)20(21)27/h9-10,16H,5-8,11-12H2,1-4H3,(H2,21,27)(H,22,25)/t16-/m1/s1. The first-order chi connectivity index (χ1) is 12.7. The quantitative estimate of drug-likeness (QED) is 0.786. The second-order valence-corrected chi connectivity index (χ2v) is 7.50. The molecule has 1 aliphatic heterocycles. The number of carbonyl (C=O) groups is 3. The van der Waals surface area contributed by atoms with Crippen molar-refractivity contribution in [3.8, 4) is 0 Å². The Labute approximate surface area is 160 Å². The fourth-order valence-corrected chi connectivity index (χ4v) is 3.70. The molecule has 3 amide bonds. The van der Waals surface area contributed by atoms with E-state index in [4.69, 9.17) is 5.73 Å². The molecule has 0 aromatic heterocycles. The van der Waals surface area contributed by atoms with Gasteiger partial charge >= 0.3 is 0 Å². The molecule has 27 heavy (non-hydrogen) atoms. The van der Waals surface area contributed by atoms with E-state index in [1.165, 1.54) is 0 Å². The molecule has 1 fully saturated rings. The largest absolute Gasteiger partial charge is 0.368 e. The Bertz CT molecular complexity index is 709. The van der Waals surface area contributed by atoms with E-state index in [0.29, 0.717) is 13.0 Å². The number of nitrogens with one attached hydrogen (secondary N) is 1. The molecule has 7 heteroatoms. The minimum atomic E-state index is -0.536. The first-order valence-electron chi connectivity index (χ1n) is 9.34. The lowest BCUT2D eigenvalue weighted by Crippen LogP contribution is -2.53. The first kappa shape index (κ1) is 20.9. The molecule has 148 valence electrons. The molecular formula is C20H30N4O3. The number of likely N-dealkylation sites (N-methyl/N-ethyl adjacent to an activating group) is 1. The summed E-state index contributed by atoms with van der Waals surface area (Å²) in [5, 5.41) is 2.94. The van der Waals surface area contributed by atoms with Crippen molar-refractivity contribution in [3.63, 3.8) is 0 Å². The molecule has 2 rings (SSSR count). The summed E-state index contributed by atoms with van der Waals surface area (Å²) in [4.78, 5) is 39.7. The van der Waals surface area contributed by atoms with E-state index in [-0.39, 0.29) is 24.9 Å². The molecule has 1 aromatic carbocycles. The number of likely N-dealkylation sites (tertiary alicyclic amines) is 1. The molecule has 1 atom stereocenters. The number of piperidine rings is 1. The topological polar surface area (TPSA) is 95.7 Å². The van der Waals surface area contributed by atoms with Crippen molar-refractivity contribution in [3.05, 3.63) is 28.8 Å².